The second-order valence-corrected chi connectivity index (χ2v) is 3.32. The van der Waals surface area contributed by atoms with Crippen LogP contribution >= 0.6 is 0 Å². The van der Waals surface area contributed by atoms with Crippen LogP contribution in [0.2, 0.25) is 0 Å². The molecule has 0 bridgehead atoms. The standard InChI is InChI=1S/C10H14FN3O/c1-7(10(12)14-15)6-13-9-4-2-3-8(11)5-9/h2-5,7,13,15H,6H2,1H3,(H2,12,14). The minimum atomic E-state index is -0.295. The van der Waals surface area contributed by atoms with E-state index in [1.807, 2.05) is 0 Å². The number of rotatable bonds is 4. The van der Waals surface area contributed by atoms with Gasteiger partial charge in [0.2, 0.25) is 0 Å². The van der Waals surface area contributed by atoms with Crippen molar-refractivity contribution in [1.82, 2.24) is 0 Å². The van der Waals surface area contributed by atoms with Crippen molar-refractivity contribution in [3.05, 3.63) is 30.1 Å². The number of hydrogen-bond acceptors (Lipinski definition) is 3. The molecule has 5 heteroatoms. The molecule has 1 rings (SSSR count). The third kappa shape index (κ3) is 3.46. The van der Waals surface area contributed by atoms with E-state index in [0.29, 0.717) is 12.2 Å². The highest BCUT2D eigenvalue weighted by Gasteiger charge is 2.06. The summed E-state index contributed by atoms with van der Waals surface area (Å²) in [5.74, 6) is -0.256. The Morgan fingerprint density at radius 3 is 3.00 bits per heavy atom. The summed E-state index contributed by atoms with van der Waals surface area (Å²) in [5, 5.41) is 14.3. The van der Waals surface area contributed by atoms with Gasteiger partial charge in [-0.1, -0.05) is 18.1 Å². The lowest BCUT2D eigenvalue weighted by molar-refractivity contribution is 0.315. The van der Waals surface area contributed by atoms with Gasteiger partial charge in [0.25, 0.3) is 0 Å². The molecule has 0 aromatic heterocycles. The molecule has 0 aliphatic carbocycles. The van der Waals surface area contributed by atoms with Gasteiger partial charge in [0.05, 0.1) is 0 Å². The van der Waals surface area contributed by atoms with Gasteiger partial charge < -0.3 is 16.3 Å². The molecule has 4 N–H and O–H groups in total. The fourth-order valence-electron chi connectivity index (χ4n) is 1.07. The normalized spacial score (nSPS) is 13.6. The van der Waals surface area contributed by atoms with Crippen molar-refractivity contribution in [2.24, 2.45) is 16.8 Å². The van der Waals surface area contributed by atoms with E-state index in [-0.39, 0.29) is 17.6 Å². The van der Waals surface area contributed by atoms with Crippen molar-refractivity contribution in [3.63, 3.8) is 0 Å². The molecule has 0 saturated carbocycles. The SMILES string of the molecule is CC(CNc1cccc(F)c1)C(N)=NO. The first-order valence-electron chi connectivity index (χ1n) is 4.60. The average Bonchev–Trinajstić information content (AvgIpc) is 2.25. The van der Waals surface area contributed by atoms with Crippen LogP contribution < -0.4 is 11.1 Å². The van der Waals surface area contributed by atoms with Crippen LogP contribution in [0.3, 0.4) is 0 Å². The fraction of sp³-hybridized carbons (Fsp3) is 0.300. The highest BCUT2D eigenvalue weighted by molar-refractivity contribution is 5.82. The number of amidine groups is 1. The monoisotopic (exact) mass is 211 g/mol. The van der Waals surface area contributed by atoms with E-state index in [4.69, 9.17) is 10.9 Å². The Labute approximate surface area is 87.6 Å². The first-order chi connectivity index (χ1) is 7.13. The minimum absolute atomic E-state index is 0.113. The number of benzene rings is 1. The molecule has 0 amide bonds. The van der Waals surface area contributed by atoms with E-state index in [0.717, 1.165) is 0 Å². The zero-order valence-corrected chi connectivity index (χ0v) is 8.44. The van der Waals surface area contributed by atoms with E-state index in [9.17, 15) is 4.39 Å². The van der Waals surface area contributed by atoms with Gasteiger partial charge in [-0.05, 0) is 18.2 Å². The summed E-state index contributed by atoms with van der Waals surface area (Å²) in [6.45, 7) is 2.29. The summed E-state index contributed by atoms with van der Waals surface area (Å²) in [6, 6.07) is 6.13. The van der Waals surface area contributed by atoms with Gasteiger partial charge in [0.1, 0.15) is 11.7 Å². The van der Waals surface area contributed by atoms with Crippen LogP contribution in [0.1, 0.15) is 6.92 Å². The molecule has 0 spiro atoms. The fourth-order valence-corrected chi connectivity index (χ4v) is 1.07. The van der Waals surface area contributed by atoms with Gasteiger partial charge in [0, 0.05) is 18.2 Å². The number of anilines is 1. The quantitative estimate of drug-likeness (QED) is 0.307. The minimum Gasteiger partial charge on any atom is -0.409 e. The molecule has 1 atom stereocenters. The highest BCUT2D eigenvalue weighted by atomic mass is 19.1. The Bertz CT molecular complexity index is 354. The summed E-state index contributed by atoms with van der Waals surface area (Å²) in [6.07, 6.45) is 0. The van der Waals surface area contributed by atoms with Gasteiger partial charge in [-0.3, -0.25) is 0 Å². The molecule has 1 aromatic rings. The molecule has 0 aliphatic heterocycles. The van der Waals surface area contributed by atoms with Crippen LogP contribution in [0, 0.1) is 11.7 Å². The zero-order chi connectivity index (χ0) is 11.3. The van der Waals surface area contributed by atoms with Gasteiger partial charge in [-0.25, -0.2) is 4.39 Å². The number of nitrogens with zero attached hydrogens (tertiary/aromatic N) is 1. The molecule has 82 valence electrons. The third-order valence-electron chi connectivity index (χ3n) is 2.06. The van der Waals surface area contributed by atoms with Crippen LogP contribution in [0.25, 0.3) is 0 Å². The van der Waals surface area contributed by atoms with Crippen molar-refractivity contribution in [2.45, 2.75) is 6.92 Å². The first kappa shape index (κ1) is 11.3. The summed E-state index contributed by atoms with van der Waals surface area (Å²) >= 11 is 0. The maximum absolute atomic E-state index is 12.8. The van der Waals surface area contributed by atoms with E-state index < -0.39 is 0 Å². The summed E-state index contributed by atoms with van der Waals surface area (Å²) in [4.78, 5) is 0. The van der Waals surface area contributed by atoms with E-state index in [2.05, 4.69) is 10.5 Å². The Balaban J connectivity index is 2.50. The van der Waals surface area contributed by atoms with Crippen molar-refractivity contribution in [3.8, 4) is 0 Å². The molecule has 0 aliphatic rings. The lowest BCUT2D eigenvalue weighted by Crippen LogP contribution is -2.27. The van der Waals surface area contributed by atoms with Gasteiger partial charge >= 0.3 is 0 Å². The molecule has 0 heterocycles. The number of oxime groups is 1. The number of nitrogens with two attached hydrogens (primary N) is 1. The smallest absolute Gasteiger partial charge is 0.143 e. The molecule has 0 radical (unpaired) electrons. The Kier molecular flexibility index (Phi) is 3.91. The second-order valence-electron chi connectivity index (χ2n) is 3.32. The Morgan fingerprint density at radius 1 is 1.67 bits per heavy atom. The lowest BCUT2D eigenvalue weighted by Gasteiger charge is -2.11. The molecule has 1 aromatic carbocycles. The van der Waals surface area contributed by atoms with Gasteiger partial charge in [-0.15, -0.1) is 0 Å². The second kappa shape index (κ2) is 5.19. The maximum atomic E-state index is 12.8. The topological polar surface area (TPSA) is 70.6 Å². The average molecular weight is 211 g/mol. The van der Waals surface area contributed by atoms with Gasteiger partial charge in [0.15, 0.2) is 0 Å². The van der Waals surface area contributed by atoms with Crippen LogP contribution in [-0.4, -0.2) is 17.6 Å². The summed E-state index contributed by atoms with van der Waals surface area (Å²) < 4.78 is 12.8. The van der Waals surface area contributed by atoms with Crippen molar-refractivity contribution < 1.29 is 9.60 Å². The number of halogens is 1. The van der Waals surface area contributed by atoms with Crippen molar-refractivity contribution in [2.75, 3.05) is 11.9 Å². The van der Waals surface area contributed by atoms with Crippen molar-refractivity contribution in [1.29, 1.82) is 0 Å². The third-order valence-corrected chi connectivity index (χ3v) is 2.06. The first-order valence-corrected chi connectivity index (χ1v) is 4.60. The van der Waals surface area contributed by atoms with Crippen LogP contribution in [0.5, 0.6) is 0 Å². The molecule has 15 heavy (non-hydrogen) atoms. The highest BCUT2D eigenvalue weighted by Crippen LogP contribution is 2.09. The predicted octanol–water partition coefficient (Wildman–Crippen LogP) is 1.62. The van der Waals surface area contributed by atoms with Crippen LogP contribution in [0.15, 0.2) is 29.4 Å². The molecule has 0 fully saturated rings. The van der Waals surface area contributed by atoms with Crippen molar-refractivity contribution >= 4 is 11.5 Å². The molecular weight excluding hydrogens is 197 g/mol. The largest absolute Gasteiger partial charge is 0.409 e. The summed E-state index contributed by atoms with van der Waals surface area (Å²) in [7, 11) is 0. The van der Waals surface area contributed by atoms with Crippen LogP contribution in [0.4, 0.5) is 10.1 Å². The molecule has 1 unspecified atom stereocenters. The van der Waals surface area contributed by atoms with Crippen LogP contribution in [-0.2, 0) is 0 Å². The lowest BCUT2D eigenvalue weighted by atomic mass is 10.1. The molecule has 4 nitrogen and oxygen atoms in total. The number of hydrogen-bond donors (Lipinski definition) is 3. The Morgan fingerprint density at radius 2 is 2.40 bits per heavy atom. The van der Waals surface area contributed by atoms with E-state index in [1.165, 1.54) is 12.1 Å². The molecule has 0 saturated heterocycles. The van der Waals surface area contributed by atoms with Gasteiger partial charge in [-0.2, -0.15) is 0 Å². The van der Waals surface area contributed by atoms with E-state index >= 15 is 0 Å². The maximum Gasteiger partial charge on any atom is 0.143 e. The molecular formula is C10H14FN3O. The zero-order valence-electron chi connectivity index (χ0n) is 8.44. The summed E-state index contributed by atoms with van der Waals surface area (Å²) in [5.41, 5.74) is 6.07. The Hall–Kier alpha value is -1.78. The predicted molar refractivity (Wildman–Crippen MR) is 57.5 cm³/mol. The number of nitrogens with one attached hydrogen (secondary N) is 1. The van der Waals surface area contributed by atoms with E-state index in [1.54, 1.807) is 19.1 Å².